The zero-order valence-corrected chi connectivity index (χ0v) is 10.2. The number of hydrogen-bond acceptors (Lipinski definition) is 3. The quantitative estimate of drug-likeness (QED) is 0.915. The third kappa shape index (κ3) is 2.49. The number of nitrogens with one attached hydrogen (secondary N) is 1. The molecule has 0 aromatic carbocycles. The Morgan fingerprint density at radius 3 is 2.93 bits per heavy atom. The molecule has 2 rings (SSSR count). The van der Waals surface area contributed by atoms with Crippen molar-refractivity contribution in [1.29, 1.82) is 0 Å². The van der Waals surface area contributed by atoms with Crippen LogP contribution in [-0.4, -0.2) is 18.9 Å². The van der Waals surface area contributed by atoms with Crippen molar-refractivity contribution in [2.45, 2.75) is 13.3 Å². The van der Waals surface area contributed by atoms with E-state index in [0.717, 1.165) is 18.8 Å². The van der Waals surface area contributed by atoms with Crippen molar-refractivity contribution >= 4 is 21.7 Å². The van der Waals surface area contributed by atoms with Crippen molar-refractivity contribution in [1.82, 2.24) is 5.32 Å². The van der Waals surface area contributed by atoms with Gasteiger partial charge in [-0.25, -0.2) is 0 Å². The maximum atomic E-state index is 11.9. The number of rotatable bonds is 3. The van der Waals surface area contributed by atoms with Crippen LogP contribution in [0.5, 0.6) is 0 Å². The predicted octanol–water partition coefficient (Wildman–Crippen LogP) is 2.01. The lowest BCUT2D eigenvalue weighted by atomic mass is 9.91. The van der Waals surface area contributed by atoms with E-state index in [0.29, 0.717) is 17.0 Å². The first-order valence-corrected chi connectivity index (χ1v) is 5.94. The average molecular weight is 272 g/mol. The lowest BCUT2D eigenvalue weighted by Crippen LogP contribution is -2.22. The number of carbonyl (C=O) groups excluding carboxylic acids is 1. The zero-order valence-electron chi connectivity index (χ0n) is 8.63. The molecule has 0 radical (unpaired) electrons. The van der Waals surface area contributed by atoms with E-state index in [9.17, 15) is 4.79 Å². The van der Waals surface area contributed by atoms with Gasteiger partial charge < -0.3 is 9.73 Å². The van der Waals surface area contributed by atoms with Crippen LogP contribution in [0.15, 0.2) is 21.2 Å². The van der Waals surface area contributed by atoms with Gasteiger partial charge >= 0.3 is 0 Å². The van der Waals surface area contributed by atoms with Crippen LogP contribution in [-0.2, 0) is 11.2 Å². The summed E-state index contributed by atoms with van der Waals surface area (Å²) in [4.78, 5) is 11.9. The van der Waals surface area contributed by atoms with Crippen LogP contribution in [0.2, 0.25) is 0 Å². The minimum absolute atomic E-state index is 0.147. The highest BCUT2D eigenvalue weighted by molar-refractivity contribution is 9.10. The number of carbonyl (C=O) groups is 1. The largest absolute Gasteiger partial charge is 0.454 e. The molecule has 3 nitrogen and oxygen atoms in total. The minimum atomic E-state index is 0.147. The van der Waals surface area contributed by atoms with Crippen molar-refractivity contribution in [3.63, 3.8) is 0 Å². The summed E-state index contributed by atoms with van der Waals surface area (Å²) in [6.07, 6.45) is 0.405. The van der Waals surface area contributed by atoms with Crippen LogP contribution in [0.1, 0.15) is 12.7 Å². The van der Waals surface area contributed by atoms with E-state index in [2.05, 4.69) is 28.2 Å². The lowest BCUT2D eigenvalue weighted by molar-refractivity contribution is -0.122. The molecule has 0 spiro atoms. The van der Waals surface area contributed by atoms with Gasteiger partial charge in [0.15, 0.2) is 4.67 Å². The molecule has 0 bridgehead atoms. The van der Waals surface area contributed by atoms with Crippen LogP contribution in [0, 0.1) is 11.8 Å². The number of halogens is 1. The average Bonchev–Trinajstić information content (AvgIpc) is 2.75. The Balaban J connectivity index is 1.97. The van der Waals surface area contributed by atoms with E-state index >= 15 is 0 Å². The Morgan fingerprint density at radius 2 is 2.40 bits per heavy atom. The summed E-state index contributed by atoms with van der Waals surface area (Å²) < 4.78 is 6.01. The van der Waals surface area contributed by atoms with Gasteiger partial charge in [0.25, 0.3) is 0 Å². The van der Waals surface area contributed by atoms with E-state index < -0.39 is 0 Å². The fourth-order valence-electron chi connectivity index (χ4n) is 1.99. The molecule has 2 unspecified atom stereocenters. The molecular weight excluding hydrogens is 258 g/mol. The number of Topliss-reactive ketones (excluding diaryl/α,β-unsaturated/α-hetero) is 1. The third-order valence-corrected chi connectivity index (χ3v) is 3.33. The normalized spacial score (nSPS) is 25.7. The van der Waals surface area contributed by atoms with Crippen LogP contribution in [0.3, 0.4) is 0 Å². The fraction of sp³-hybridized carbons (Fsp3) is 0.545. The van der Waals surface area contributed by atoms with Gasteiger partial charge in [0.1, 0.15) is 11.5 Å². The molecule has 2 atom stereocenters. The van der Waals surface area contributed by atoms with E-state index in [1.54, 1.807) is 0 Å². The first-order chi connectivity index (χ1) is 7.16. The molecule has 1 aromatic rings. The van der Waals surface area contributed by atoms with Gasteiger partial charge in [-0.3, -0.25) is 4.79 Å². The van der Waals surface area contributed by atoms with Crippen molar-refractivity contribution in [3.05, 3.63) is 22.6 Å². The van der Waals surface area contributed by atoms with Gasteiger partial charge in [0.05, 0.1) is 6.42 Å². The first kappa shape index (κ1) is 10.9. The summed E-state index contributed by atoms with van der Waals surface area (Å²) in [6, 6.07) is 3.66. The highest BCUT2D eigenvalue weighted by Gasteiger charge is 2.29. The highest BCUT2D eigenvalue weighted by Crippen LogP contribution is 2.21. The summed E-state index contributed by atoms with van der Waals surface area (Å²) in [5.74, 6) is 1.60. The Morgan fingerprint density at radius 1 is 1.60 bits per heavy atom. The third-order valence-electron chi connectivity index (χ3n) is 2.91. The Bertz CT molecular complexity index is 361. The summed E-state index contributed by atoms with van der Waals surface area (Å²) in [7, 11) is 0. The SMILES string of the molecule is CC1CNCC1C(=O)Cc1ccc(Br)o1. The molecule has 1 aromatic heterocycles. The Kier molecular flexibility index (Phi) is 3.26. The van der Waals surface area contributed by atoms with Gasteiger partial charge in [-0.05, 0) is 40.5 Å². The van der Waals surface area contributed by atoms with Crippen molar-refractivity contribution in [2.24, 2.45) is 11.8 Å². The standard InChI is InChI=1S/C11H14BrNO2/c1-7-5-13-6-9(7)10(14)4-8-2-3-11(12)15-8/h2-3,7,9,13H,4-6H2,1H3. The molecule has 0 amide bonds. The van der Waals surface area contributed by atoms with Gasteiger partial charge in [0.2, 0.25) is 0 Å². The van der Waals surface area contributed by atoms with Crippen molar-refractivity contribution in [2.75, 3.05) is 13.1 Å². The van der Waals surface area contributed by atoms with E-state index in [1.165, 1.54) is 0 Å². The highest BCUT2D eigenvalue weighted by atomic mass is 79.9. The second kappa shape index (κ2) is 4.49. The van der Waals surface area contributed by atoms with E-state index in [-0.39, 0.29) is 11.7 Å². The summed E-state index contributed by atoms with van der Waals surface area (Å²) in [5, 5.41) is 3.23. The molecule has 1 N–H and O–H groups in total. The first-order valence-electron chi connectivity index (χ1n) is 5.14. The second-order valence-corrected chi connectivity index (χ2v) is 4.87. The van der Waals surface area contributed by atoms with Gasteiger partial charge in [-0.2, -0.15) is 0 Å². The molecule has 1 aliphatic heterocycles. The van der Waals surface area contributed by atoms with E-state index in [4.69, 9.17) is 4.42 Å². The van der Waals surface area contributed by atoms with Crippen LogP contribution >= 0.6 is 15.9 Å². The molecular formula is C11H14BrNO2. The molecule has 15 heavy (non-hydrogen) atoms. The van der Waals surface area contributed by atoms with Crippen LogP contribution < -0.4 is 5.32 Å². The Labute approximate surface area is 97.4 Å². The van der Waals surface area contributed by atoms with Gasteiger partial charge in [-0.1, -0.05) is 6.92 Å². The molecule has 4 heteroatoms. The smallest absolute Gasteiger partial charge is 0.169 e. The molecule has 1 fully saturated rings. The van der Waals surface area contributed by atoms with Crippen LogP contribution in [0.25, 0.3) is 0 Å². The number of furan rings is 1. The predicted molar refractivity (Wildman–Crippen MR) is 60.6 cm³/mol. The maximum absolute atomic E-state index is 11.9. The number of ketones is 1. The minimum Gasteiger partial charge on any atom is -0.454 e. The van der Waals surface area contributed by atoms with Gasteiger partial charge in [-0.15, -0.1) is 0 Å². The topological polar surface area (TPSA) is 42.2 Å². The van der Waals surface area contributed by atoms with Crippen molar-refractivity contribution < 1.29 is 9.21 Å². The lowest BCUT2D eigenvalue weighted by Gasteiger charge is -2.11. The molecule has 82 valence electrons. The molecule has 0 aliphatic carbocycles. The molecule has 1 aliphatic rings. The monoisotopic (exact) mass is 271 g/mol. The van der Waals surface area contributed by atoms with Gasteiger partial charge in [0, 0.05) is 12.5 Å². The second-order valence-electron chi connectivity index (χ2n) is 4.09. The summed E-state index contributed by atoms with van der Waals surface area (Å²) >= 11 is 3.23. The van der Waals surface area contributed by atoms with E-state index in [1.807, 2.05) is 12.1 Å². The maximum Gasteiger partial charge on any atom is 0.169 e. The summed E-state index contributed by atoms with van der Waals surface area (Å²) in [5.41, 5.74) is 0. The fourth-order valence-corrected chi connectivity index (χ4v) is 2.33. The number of hydrogen-bond donors (Lipinski definition) is 1. The molecule has 2 heterocycles. The van der Waals surface area contributed by atoms with Crippen molar-refractivity contribution in [3.8, 4) is 0 Å². The zero-order chi connectivity index (χ0) is 10.8. The molecule has 0 saturated carbocycles. The summed E-state index contributed by atoms with van der Waals surface area (Å²) in [6.45, 7) is 3.86. The molecule has 1 saturated heterocycles. The Hall–Kier alpha value is -0.610. The van der Waals surface area contributed by atoms with Crippen LogP contribution in [0.4, 0.5) is 0 Å².